The number of nitrogens with zero attached hydrogens (tertiary/aromatic N) is 2. The predicted octanol–water partition coefficient (Wildman–Crippen LogP) is 2.88. The molecule has 1 fully saturated rings. The van der Waals surface area contributed by atoms with Crippen molar-refractivity contribution >= 4 is 29.3 Å². The molecule has 2 aromatic rings. The highest BCUT2D eigenvalue weighted by Crippen LogP contribution is 2.32. The van der Waals surface area contributed by atoms with E-state index in [4.69, 9.17) is 18.7 Å². The van der Waals surface area contributed by atoms with Crippen LogP contribution in [0, 0.1) is 13.8 Å². The van der Waals surface area contributed by atoms with Crippen LogP contribution in [0.15, 0.2) is 22.7 Å². The van der Waals surface area contributed by atoms with E-state index in [1.807, 2.05) is 0 Å². The summed E-state index contributed by atoms with van der Waals surface area (Å²) in [6, 6.07) is 4.19. The Bertz CT molecular complexity index is 1080. The normalized spacial score (nSPS) is 21.9. The molecule has 1 aromatic carbocycles. The van der Waals surface area contributed by atoms with Gasteiger partial charge in [0.05, 0.1) is 31.2 Å². The monoisotopic (exact) mass is 472 g/mol. The first kappa shape index (κ1) is 23.6. The molecule has 0 aliphatic carbocycles. The van der Waals surface area contributed by atoms with Crippen LogP contribution in [-0.2, 0) is 14.3 Å². The number of carbonyl (C=O) groups is 3. The van der Waals surface area contributed by atoms with Gasteiger partial charge in [-0.1, -0.05) is 5.16 Å². The van der Waals surface area contributed by atoms with Crippen LogP contribution in [0.4, 0.5) is 16.2 Å². The number of rotatable bonds is 4. The van der Waals surface area contributed by atoms with Gasteiger partial charge in [-0.2, -0.15) is 0 Å². The smallest absolute Gasteiger partial charge is 0.323 e. The summed E-state index contributed by atoms with van der Waals surface area (Å²) in [5.41, 5.74) is 1.84. The molecule has 11 heteroatoms. The molecule has 0 unspecified atom stereocenters. The number of likely N-dealkylation sites (N-methyl/N-ethyl adjacent to an activating group) is 1. The van der Waals surface area contributed by atoms with Crippen molar-refractivity contribution < 1.29 is 33.1 Å². The van der Waals surface area contributed by atoms with E-state index in [0.717, 1.165) is 0 Å². The Balaban J connectivity index is 1.48. The highest BCUT2D eigenvalue weighted by molar-refractivity contribution is 6.03. The van der Waals surface area contributed by atoms with Gasteiger partial charge < -0.3 is 34.3 Å². The molecule has 1 saturated heterocycles. The van der Waals surface area contributed by atoms with Gasteiger partial charge in [0, 0.05) is 12.7 Å². The van der Waals surface area contributed by atoms with Gasteiger partial charge in [0.2, 0.25) is 0 Å². The molecule has 0 radical (unpaired) electrons. The minimum absolute atomic E-state index is 0.166. The van der Waals surface area contributed by atoms with E-state index in [2.05, 4.69) is 15.8 Å². The SMILES string of the molecule is COC(=O)C[C@@H]1CC[C@H]2[C@H](COc3ccc(NC(=O)Nc4c(C)noc4C)cc3C(=O)N2C)O1. The van der Waals surface area contributed by atoms with Gasteiger partial charge in [-0.3, -0.25) is 9.59 Å². The van der Waals surface area contributed by atoms with Crippen molar-refractivity contribution in [2.45, 2.75) is 51.4 Å². The van der Waals surface area contributed by atoms with Gasteiger partial charge in [0.25, 0.3) is 5.91 Å². The number of esters is 1. The Kier molecular flexibility index (Phi) is 6.73. The van der Waals surface area contributed by atoms with Crippen LogP contribution in [0.3, 0.4) is 0 Å². The Morgan fingerprint density at radius 2 is 2.03 bits per heavy atom. The van der Waals surface area contributed by atoms with Crippen molar-refractivity contribution in [1.29, 1.82) is 0 Å². The van der Waals surface area contributed by atoms with Crippen LogP contribution < -0.4 is 15.4 Å². The number of fused-ring (bicyclic) bond motifs is 2. The lowest BCUT2D eigenvalue weighted by molar-refractivity contribution is -0.151. The minimum Gasteiger partial charge on any atom is -0.490 e. The van der Waals surface area contributed by atoms with Crippen molar-refractivity contribution in [3.8, 4) is 5.75 Å². The maximum absolute atomic E-state index is 13.3. The molecule has 3 heterocycles. The first-order valence-electron chi connectivity index (χ1n) is 11.0. The number of amides is 3. The molecule has 34 heavy (non-hydrogen) atoms. The zero-order chi connectivity index (χ0) is 24.4. The molecule has 0 saturated carbocycles. The molecule has 3 atom stereocenters. The Morgan fingerprint density at radius 1 is 1.24 bits per heavy atom. The average Bonchev–Trinajstić information content (AvgIpc) is 3.13. The number of carbonyl (C=O) groups excluding carboxylic acids is 3. The molecule has 4 rings (SSSR count). The third-order valence-electron chi connectivity index (χ3n) is 6.16. The van der Waals surface area contributed by atoms with Gasteiger partial charge >= 0.3 is 12.0 Å². The van der Waals surface area contributed by atoms with Gasteiger partial charge in [-0.05, 0) is 44.9 Å². The third-order valence-corrected chi connectivity index (χ3v) is 6.16. The third kappa shape index (κ3) is 4.84. The lowest BCUT2D eigenvalue weighted by atomic mass is 9.94. The van der Waals surface area contributed by atoms with E-state index < -0.39 is 6.03 Å². The molecule has 3 amide bonds. The minimum atomic E-state index is -0.487. The largest absolute Gasteiger partial charge is 0.490 e. The number of nitrogens with one attached hydrogen (secondary N) is 2. The lowest BCUT2D eigenvalue weighted by Gasteiger charge is -2.42. The highest BCUT2D eigenvalue weighted by atomic mass is 16.6. The second kappa shape index (κ2) is 9.72. The van der Waals surface area contributed by atoms with Crippen LogP contribution in [0.25, 0.3) is 0 Å². The molecule has 11 nitrogen and oxygen atoms in total. The molecular formula is C23H28N4O7. The summed E-state index contributed by atoms with van der Waals surface area (Å²) < 4.78 is 21.8. The number of hydrogen-bond acceptors (Lipinski definition) is 8. The van der Waals surface area contributed by atoms with E-state index in [1.165, 1.54) is 7.11 Å². The number of methoxy groups -OCH3 is 1. The number of anilines is 2. The summed E-state index contributed by atoms with van der Waals surface area (Å²) in [7, 11) is 3.07. The molecule has 2 aliphatic rings. The van der Waals surface area contributed by atoms with Gasteiger partial charge in [-0.15, -0.1) is 0 Å². The Morgan fingerprint density at radius 3 is 2.74 bits per heavy atom. The number of aryl methyl sites for hydroxylation is 2. The molecule has 2 aliphatic heterocycles. The molecule has 0 spiro atoms. The lowest BCUT2D eigenvalue weighted by Crippen LogP contribution is -2.53. The maximum atomic E-state index is 13.3. The van der Waals surface area contributed by atoms with Crippen molar-refractivity contribution in [3.05, 3.63) is 35.2 Å². The van der Waals surface area contributed by atoms with Crippen LogP contribution in [0.2, 0.25) is 0 Å². The molecule has 1 aromatic heterocycles. The van der Waals surface area contributed by atoms with Crippen LogP contribution in [0.5, 0.6) is 5.75 Å². The topological polar surface area (TPSA) is 132 Å². The first-order chi connectivity index (χ1) is 16.3. The fourth-order valence-electron chi connectivity index (χ4n) is 4.31. The summed E-state index contributed by atoms with van der Waals surface area (Å²) in [5.74, 6) is 0.317. The fraction of sp³-hybridized carbons (Fsp3) is 0.478. The van der Waals surface area contributed by atoms with Gasteiger partial charge in [0.1, 0.15) is 29.8 Å². The van der Waals surface area contributed by atoms with E-state index in [9.17, 15) is 14.4 Å². The van der Waals surface area contributed by atoms with E-state index in [-0.39, 0.29) is 43.2 Å². The zero-order valence-corrected chi connectivity index (χ0v) is 19.5. The number of urea groups is 1. The predicted molar refractivity (Wildman–Crippen MR) is 121 cm³/mol. The van der Waals surface area contributed by atoms with E-state index in [0.29, 0.717) is 47.0 Å². The van der Waals surface area contributed by atoms with Gasteiger partial charge in [0.15, 0.2) is 5.76 Å². The van der Waals surface area contributed by atoms with Crippen LogP contribution in [0.1, 0.15) is 41.1 Å². The van der Waals surface area contributed by atoms with Crippen molar-refractivity contribution in [2.24, 2.45) is 0 Å². The van der Waals surface area contributed by atoms with Crippen molar-refractivity contribution in [3.63, 3.8) is 0 Å². The quantitative estimate of drug-likeness (QED) is 0.649. The Labute approximate surface area is 196 Å². The van der Waals surface area contributed by atoms with Crippen LogP contribution in [-0.4, -0.2) is 67.0 Å². The van der Waals surface area contributed by atoms with E-state index >= 15 is 0 Å². The number of hydrogen-bond donors (Lipinski definition) is 2. The van der Waals surface area contributed by atoms with E-state index in [1.54, 1.807) is 44.0 Å². The fourth-order valence-corrected chi connectivity index (χ4v) is 4.31. The number of ether oxygens (including phenoxy) is 3. The molecule has 0 bridgehead atoms. The van der Waals surface area contributed by atoms with Crippen molar-refractivity contribution in [1.82, 2.24) is 10.1 Å². The summed E-state index contributed by atoms with van der Waals surface area (Å²) in [4.78, 5) is 39.1. The second-order valence-electron chi connectivity index (χ2n) is 8.44. The zero-order valence-electron chi connectivity index (χ0n) is 19.5. The summed E-state index contributed by atoms with van der Waals surface area (Å²) in [6.07, 6.45) is 0.820. The van der Waals surface area contributed by atoms with Crippen LogP contribution >= 0.6 is 0 Å². The number of benzene rings is 1. The number of aromatic nitrogens is 1. The Hall–Kier alpha value is -3.60. The summed E-state index contributed by atoms with van der Waals surface area (Å²) in [5, 5.41) is 9.24. The standard InChI is InChI=1S/C23H28N4O7/c1-12-21(13(2)34-26-12)25-23(30)24-14-5-8-18-16(9-14)22(29)27(3)17-7-6-15(10-20(28)31-4)33-19(17)11-32-18/h5,8-9,15,17,19H,6-7,10-11H2,1-4H3,(H2,24,25,30)/t15-,17-,19-/m0/s1. The molecular weight excluding hydrogens is 444 g/mol. The maximum Gasteiger partial charge on any atom is 0.323 e. The summed E-state index contributed by atoms with van der Waals surface area (Å²) >= 11 is 0. The highest BCUT2D eigenvalue weighted by Gasteiger charge is 2.39. The second-order valence-corrected chi connectivity index (χ2v) is 8.44. The van der Waals surface area contributed by atoms with Crippen molar-refractivity contribution in [2.75, 3.05) is 31.4 Å². The molecule has 2 N–H and O–H groups in total. The average molecular weight is 472 g/mol. The van der Waals surface area contributed by atoms with Gasteiger partial charge in [-0.25, -0.2) is 4.79 Å². The summed E-state index contributed by atoms with van der Waals surface area (Å²) in [6.45, 7) is 3.65. The first-order valence-corrected chi connectivity index (χ1v) is 11.0. The molecule has 182 valence electrons.